The van der Waals surface area contributed by atoms with Crippen molar-refractivity contribution in [3.63, 3.8) is 0 Å². The molecule has 6 heteroatoms. The van der Waals surface area contributed by atoms with E-state index >= 15 is 0 Å². The Labute approximate surface area is 127 Å². The molecule has 0 aliphatic rings. The number of H-pyrrole nitrogens is 1. The first-order chi connectivity index (χ1) is 10.8. The molecule has 1 aromatic carbocycles. The third-order valence-electron chi connectivity index (χ3n) is 3.04. The quantitative estimate of drug-likeness (QED) is 0.708. The monoisotopic (exact) mass is 296 g/mol. The van der Waals surface area contributed by atoms with E-state index in [1.54, 1.807) is 12.3 Å². The van der Waals surface area contributed by atoms with Crippen LogP contribution in [0.4, 0.5) is 0 Å². The van der Waals surface area contributed by atoms with Gasteiger partial charge in [-0.3, -0.25) is 0 Å². The molecule has 0 radical (unpaired) electrons. The van der Waals surface area contributed by atoms with Crippen molar-refractivity contribution in [2.75, 3.05) is 13.2 Å². The second kappa shape index (κ2) is 6.26. The van der Waals surface area contributed by atoms with Crippen molar-refractivity contribution in [1.29, 1.82) is 0 Å². The van der Waals surface area contributed by atoms with Crippen LogP contribution >= 0.6 is 0 Å². The van der Waals surface area contributed by atoms with Crippen molar-refractivity contribution in [1.82, 2.24) is 19.9 Å². The molecule has 2 heterocycles. The first kappa shape index (κ1) is 14.1. The molecule has 0 fully saturated rings. The molecule has 2 aromatic heterocycles. The van der Waals surface area contributed by atoms with Crippen molar-refractivity contribution < 1.29 is 9.47 Å². The maximum Gasteiger partial charge on any atom is 0.181 e. The molecular weight excluding hydrogens is 280 g/mol. The number of aromatic amines is 1. The van der Waals surface area contributed by atoms with Gasteiger partial charge < -0.3 is 14.5 Å². The van der Waals surface area contributed by atoms with Gasteiger partial charge in [0.25, 0.3) is 0 Å². The fourth-order valence-corrected chi connectivity index (χ4v) is 2.11. The molecule has 22 heavy (non-hydrogen) atoms. The Morgan fingerprint density at radius 3 is 3.00 bits per heavy atom. The van der Waals surface area contributed by atoms with Crippen molar-refractivity contribution >= 4 is 11.2 Å². The lowest BCUT2D eigenvalue weighted by Crippen LogP contribution is -1.98. The van der Waals surface area contributed by atoms with Crippen LogP contribution in [0.5, 0.6) is 11.5 Å². The number of benzene rings is 1. The van der Waals surface area contributed by atoms with Gasteiger partial charge in [0.1, 0.15) is 35.8 Å². The van der Waals surface area contributed by atoms with Crippen LogP contribution in [-0.4, -0.2) is 33.1 Å². The normalized spacial score (nSPS) is 10.6. The molecule has 3 rings (SSSR count). The summed E-state index contributed by atoms with van der Waals surface area (Å²) < 4.78 is 11.2. The fraction of sp³-hybridized carbons (Fsp3) is 0.188. The molecule has 0 atom stereocenters. The molecule has 1 N–H and O–H groups in total. The number of rotatable bonds is 6. The number of aromatic nitrogens is 4. The van der Waals surface area contributed by atoms with Crippen LogP contribution in [0.15, 0.2) is 43.4 Å². The van der Waals surface area contributed by atoms with Gasteiger partial charge >= 0.3 is 0 Å². The van der Waals surface area contributed by atoms with Gasteiger partial charge in [-0.05, 0) is 19.1 Å². The summed E-state index contributed by atoms with van der Waals surface area (Å²) in [6.07, 6.45) is 4.87. The van der Waals surface area contributed by atoms with Crippen LogP contribution < -0.4 is 9.47 Å². The van der Waals surface area contributed by atoms with Crippen molar-refractivity contribution in [2.24, 2.45) is 0 Å². The van der Waals surface area contributed by atoms with Crippen molar-refractivity contribution in [3.8, 4) is 22.9 Å². The number of nitrogens with one attached hydrogen (secondary N) is 1. The first-order valence-corrected chi connectivity index (χ1v) is 6.98. The van der Waals surface area contributed by atoms with Gasteiger partial charge in [0.2, 0.25) is 0 Å². The SMILES string of the molecule is C=CCOc1ccc(-c2nc3ncncc3[nH]2)c(OCC)c1. The fourth-order valence-electron chi connectivity index (χ4n) is 2.11. The Hall–Kier alpha value is -2.89. The Bertz CT molecular complexity index is 765. The summed E-state index contributed by atoms with van der Waals surface area (Å²) in [4.78, 5) is 15.8. The maximum absolute atomic E-state index is 5.71. The smallest absolute Gasteiger partial charge is 0.181 e. The predicted molar refractivity (Wildman–Crippen MR) is 84.0 cm³/mol. The summed E-state index contributed by atoms with van der Waals surface area (Å²) in [5, 5.41) is 0. The highest BCUT2D eigenvalue weighted by atomic mass is 16.5. The number of ether oxygens (including phenoxy) is 2. The lowest BCUT2D eigenvalue weighted by molar-refractivity contribution is 0.332. The molecule has 0 saturated heterocycles. The zero-order chi connectivity index (χ0) is 15.4. The van der Waals surface area contributed by atoms with Gasteiger partial charge in [0.05, 0.1) is 18.4 Å². The van der Waals surface area contributed by atoms with E-state index in [4.69, 9.17) is 9.47 Å². The molecule has 0 amide bonds. The average molecular weight is 296 g/mol. The second-order valence-electron chi connectivity index (χ2n) is 4.54. The maximum atomic E-state index is 5.71. The van der Waals surface area contributed by atoms with Crippen LogP contribution in [0.25, 0.3) is 22.6 Å². The second-order valence-corrected chi connectivity index (χ2v) is 4.54. The van der Waals surface area contributed by atoms with Crippen molar-refractivity contribution in [2.45, 2.75) is 6.92 Å². The van der Waals surface area contributed by atoms with E-state index in [0.29, 0.717) is 30.4 Å². The van der Waals surface area contributed by atoms with Gasteiger partial charge in [-0.25, -0.2) is 15.0 Å². The lowest BCUT2D eigenvalue weighted by atomic mass is 10.2. The van der Waals surface area contributed by atoms with E-state index in [1.807, 2.05) is 25.1 Å². The van der Waals surface area contributed by atoms with E-state index < -0.39 is 0 Å². The minimum atomic E-state index is 0.450. The first-order valence-electron chi connectivity index (χ1n) is 6.98. The number of hydrogen-bond donors (Lipinski definition) is 1. The van der Waals surface area contributed by atoms with Crippen LogP contribution in [0.2, 0.25) is 0 Å². The van der Waals surface area contributed by atoms with Crippen molar-refractivity contribution in [3.05, 3.63) is 43.4 Å². The zero-order valence-corrected chi connectivity index (χ0v) is 12.2. The summed E-state index contributed by atoms with van der Waals surface area (Å²) >= 11 is 0. The van der Waals surface area contributed by atoms with E-state index in [-0.39, 0.29) is 0 Å². The molecule has 0 aliphatic carbocycles. The molecule has 6 nitrogen and oxygen atoms in total. The third kappa shape index (κ3) is 2.76. The zero-order valence-electron chi connectivity index (χ0n) is 12.2. The van der Waals surface area contributed by atoms with Gasteiger partial charge in [-0.15, -0.1) is 0 Å². The van der Waals surface area contributed by atoms with Gasteiger partial charge in [0.15, 0.2) is 5.65 Å². The molecule has 0 spiro atoms. The Kier molecular flexibility index (Phi) is 4.00. The molecule has 3 aromatic rings. The molecular formula is C16H16N4O2. The van der Waals surface area contributed by atoms with Crippen LogP contribution in [-0.2, 0) is 0 Å². The minimum Gasteiger partial charge on any atom is -0.493 e. The van der Waals surface area contributed by atoms with Gasteiger partial charge in [-0.1, -0.05) is 12.7 Å². The van der Waals surface area contributed by atoms with E-state index in [1.165, 1.54) is 6.33 Å². The summed E-state index contributed by atoms with van der Waals surface area (Å²) in [6, 6.07) is 5.63. The predicted octanol–water partition coefficient (Wildman–Crippen LogP) is 2.98. The van der Waals surface area contributed by atoms with Crippen LogP contribution in [0.3, 0.4) is 0 Å². The molecule has 0 saturated carbocycles. The Morgan fingerprint density at radius 1 is 1.32 bits per heavy atom. The summed E-state index contributed by atoms with van der Waals surface area (Å²) in [7, 11) is 0. The highest BCUT2D eigenvalue weighted by Gasteiger charge is 2.13. The highest BCUT2D eigenvalue weighted by Crippen LogP contribution is 2.32. The van der Waals surface area contributed by atoms with Gasteiger partial charge in [-0.2, -0.15) is 0 Å². The minimum absolute atomic E-state index is 0.450. The molecule has 0 unspecified atom stereocenters. The Balaban J connectivity index is 2.02. The molecule has 112 valence electrons. The molecule has 0 aliphatic heterocycles. The number of imidazole rings is 1. The van der Waals surface area contributed by atoms with Gasteiger partial charge in [0, 0.05) is 6.07 Å². The standard InChI is InChI=1S/C16H16N4O2/c1-3-7-22-11-5-6-12(14(8-11)21-4-2)15-19-13-9-17-10-18-16(13)20-15/h3,5-6,8-10H,1,4,7H2,2H3,(H,17,18,19,20). The topological polar surface area (TPSA) is 72.9 Å². The van der Waals surface area contributed by atoms with E-state index in [2.05, 4.69) is 26.5 Å². The number of nitrogens with zero attached hydrogens (tertiary/aromatic N) is 3. The van der Waals surface area contributed by atoms with Crippen LogP contribution in [0.1, 0.15) is 6.92 Å². The Morgan fingerprint density at radius 2 is 2.23 bits per heavy atom. The summed E-state index contributed by atoms with van der Waals surface area (Å²) in [6.45, 7) is 6.58. The van der Waals surface area contributed by atoms with E-state index in [9.17, 15) is 0 Å². The highest BCUT2D eigenvalue weighted by molar-refractivity contribution is 5.77. The summed E-state index contributed by atoms with van der Waals surface area (Å²) in [5.41, 5.74) is 2.26. The lowest BCUT2D eigenvalue weighted by Gasteiger charge is -2.11. The number of fused-ring (bicyclic) bond motifs is 1. The summed E-state index contributed by atoms with van der Waals surface area (Å²) in [5.74, 6) is 2.12. The van der Waals surface area contributed by atoms with Crippen LogP contribution in [0, 0.1) is 0 Å². The largest absolute Gasteiger partial charge is 0.493 e. The molecule has 0 bridgehead atoms. The average Bonchev–Trinajstić information content (AvgIpc) is 2.97. The number of hydrogen-bond acceptors (Lipinski definition) is 5. The van der Waals surface area contributed by atoms with E-state index in [0.717, 1.165) is 16.8 Å². The third-order valence-corrected chi connectivity index (χ3v) is 3.04.